The average molecular weight is 375 g/mol. The van der Waals surface area contributed by atoms with E-state index in [-0.39, 0.29) is 5.56 Å². The molecule has 0 unspecified atom stereocenters. The van der Waals surface area contributed by atoms with E-state index in [2.05, 4.69) is 15.1 Å². The maximum absolute atomic E-state index is 13.1. The molecular formula is C21H15ClN4O. The lowest BCUT2D eigenvalue weighted by Gasteiger charge is -2.09. The number of aromatic nitrogens is 3. The van der Waals surface area contributed by atoms with E-state index in [1.807, 2.05) is 37.3 Å². The topological polar surface area (TPSA) is 60.1 Å². The van der Waals surface area contributed by atoms with E-state index < -0.39 is 0 Å². The maximum atomic E-state index is 13.1. The van der Waals surface area contributed by atoms with Gasteiger partial charge in [-0.2, -0.15) is 9.78 Å². The van der Waals surface area contributed by atoms with Crippen LogP contribution in [0.1, 0.15) is 11.1 Å². The molecule has 4 rings (SSSR count). The first-order valence-corrected chi connectivity index (χ1v) is 8.73. The van der Waals surface area contributed by atoms with Crippen molar-refractivity contribution < 1.29 is 0 Å². The molecule has 2 aromatic heterocycles. The summed E-state index contributed by atoms with van der Waals surface area (Å²) in [5.74, 6) is 0.423. The molecule has 6 heteroatoms. The fourth-order valence-corrected chi connectivity index (χ4v) is 2.98. The minimum Gasteiger partial charge on any atom is -0.267 e. The molecule has 0 spiro atoms. The first kappa shape index (κ1) is 17.1. The lowest BCUT2D eigenvalue weighted by atomic mass is 10.2. The van der Waals surface area contributed by atoms with E-state index in [0.29, 0.717) is 27.3 Å². The van der Waals surface area contributed by atoms with Gasteiger partial charge in [-0.25, -0.2) is 4.98 Å². The Balaban J connectivity index is 1.96. The van der Waals surface area contributed by atoms with E-state index in [0.717, 1.165) is 11.1 Å². The molecule has 0 aliphatic carbocycles. The van der Waals surface area contributed by atoms with Crippen LogP contribution in [0.4, 0.5) is 0 Å². The van der Waals surface area contributed by atoms with E-state index in [1.165, 1.54) is 4.68 Å². The van der Waals surface area contributed by atoms with Gasteiger partial charge in [-0.1, -0.05) is 41.4 Å². The van der Waals surface area contributed by atoms with Gasteiger partial charge in [0.25, 0.3) is 5.56 Å². The van der Waals surface area contributed by atoms with Crippen LogP contribution in [0, 0.1) is 6.92 Å². The SMILES string of the molecule is Cc1cccc(C=Nn2c(-c3cccnc3)nc3ccc(Cl)cc3c2=O)c1. The van der Waals surface area contributed by atoms with Crippen LogP contribution < -0.4 is 5.56 Å². The second-order valence-electron chi connectivity index (χ2n) is 6.11. The summed E-state index contributed by atoms with van der Waals surface area (Å²) in [5, 5.41) is 5.31. The van der Waals surface area contributed by atoms with Gasteiger partial charge >= 0.3 is 0 Å². The van der Waals surface area contributed by atoms with E-state index in [1.54, 1.807) is 42.9 Å². The Bertz CT molecular complexity index is 1220. The number of hydrogen-bond acceptors (Lipinski definition) is 4. The van der Waals surface area contributed by atoms with Gasteiger partial charge in [-0.3, -0.25) is 9.78 Å². The van der Waals surface area contributed by atoms with Crippen molar-refractivity contribution in [1.82, 2.24) is 14.6 Å². The van der Waals surface area contributed by atoms with Gasteiger partial charge in [0.05, 0.1) is 17.1 Å². The molecule has 0 atom stereocenters. The lowest BCUT2D eigenvalue weighted by Crippen LogP contribution is -2.20. The molecule has 0 saturated carbocycles. The lowest BCUT2D eigenvalue weighted by molar-refractivity contribution is 0.829. The Labute approximate surface area is 160 Å². The first-order chi connectivity index (χ1) is 13.1. The van der Waals surface area contributed by atoms with Crippen LogP contribution in [-0.2, 0) is 0 Å². The smallest absolute Gasteiger partial charge is 0.267 e. The number of pyridine rings is 1. The molecule has 2 aromatic carbocycles. The fraction of sp³-hybridized carbons (Fsp3) is 0.0476. The molecule has 132 valence electrons. The predicted octanol–water partition coefficient (Wildman–Crippen LogP) is 4.30. The van der Waals surface area contributed by atoms with Gasteiger partial charge in [0.1, 0.15) is 0 Å². The van der Waals surface area contributed by atoms with Gasteiger partial charge in [0, 0.05) is 23.0 Å². The summed E-state index contributed by atoms with van der Waals surface area (Å²) >= 11 is 6.07. The van der Waals surface area contributed by atoms with Crippen molar-refractivity contribution in [2.75, 3.05) is 0 Å². The zero-order chi connectivity index (χ0) is 18.8. The second-order valence-corrected chi connectivity index (χ2v) is 6.55. The third-order valence-corrected chi connectivity index (χ3v) is 4.33. The van der Waals surface area contributed by atoms with Crippen LogP contribution >= 0.6 is 11.6 Å². The van der Waals surface area contributed by atoms with Gasteiger partial charge in [-0.15, -0.1) is 0 Å². The monoisotopic (exact) mass is 374 g/mol. The predicted molar refractivity (Wildman–Crippen MR) is 108 cm³/mol. The molecule has 0 aliphatic heterocycles. The standard InChI is InChI=1S/C21H15ClN4O/c1-14-4-2-5-15(10-14)12-24-26-20(16-6-3-9-23-13-16)25-19-8-7-17(22)11-18(19)21(26)27/h2-13H,1H3. The summed E-state index contributed by atoms with van der Waals surface area (Å²) in [4.78, 5) is 21.8. The normalized spacial score (nSPS) is 11.3. The number of halogens is 1. The minimum atomic E-state index is -0.287. The van der Waals surface area contributed by atoms with E-state index in [9.17, 15) is 4.79 Å². The highest BCUT2D eigenvalue weighted by Gasteiger charge is 2.13. The number of nitrogens with zero attached hydrogens (tertiary/aromatic N) is 4. The zero-order valence-corrected chi connectivity index (χ0v) is 15.3. The number of benzene rings is 2. The van der Waals surface area contributed by atoms with Gasteiger partial charge in [0.2, 0.25) is 0 Å². The average Bonchev–Trinajstić information content (AvgIpc) is 2.68. The number of aryl methyl sites for hydroxylation is 1. The molecule has 0 saturated heterocycles. The Morgan fingerprint density at radius 2 is 2.00 bits per heavy atom. The Morgan fingerprint density at radius 3 is 2.78 bits per heavy atom. The van der Waals surface area contributed by atoms with Crippen LogP contribution in [0.15, 0.2) is 76.9 Å². The highest BCUT2D eigenvalue weighted by molar-refractivity contribution is 6.31. The molecule has 2 heterocycles. The van der Waals surface area contributed by atoms with Crippen molar-refractivity contribution >= 4 is 28.7 Å². The van der Waals surface area contributed by atoms with Crippen molar-refractivity contribution in [3.05, 3.63) is 93.5 Å². The van der Waals surface area contributed by atoms with Crippen molar-refractivity contribution in [3.8, 4) is 11.4 Å². The van der Waals surface area contributed by atoms with Crippen molar-refractivity contribution in [1.29, 1.82) is 0 Å². The fourth-order valence-electron chi connectivity index (χ4n) is 2.81. The first-order valence-electron chi connectivity index (χ1n) is 8.35. The Morgan fingerprint density at radius 1 is 1.11 bits per heavy atom. The second kappa shape index (κ2) is 7.13. The molecule has 0 amide bonds. The maximum Gasteiger partial charge on any atom is 0.282 e. The van der Waals surface area contributed by atoms with Gasteiger partial charge < -0.3 is 0 Å². The summed E-state index contributed by atoms with van der Waals surface area (Å²) in [7, 11) is 0. The molecule has 0 N–H and O–H groups in total. The van der Waals surface area contributed by atoms with Crippen LogP contribution in [0.2, 0.25) is 5.02 Å². The third-order valence-electron chi connectivity index (χ3n) is 4.09. The van der Waals surface area contributed by atoms with E-state index >= 15 is 0 Å². The Kier molecular flexibility index (Phi) is 4.52. The molecule has 0 radical (unpaired) electrons. The highest BCUT2D eigenvalue weighted by Crippen LogP contribution is 2.20. The van der Waals surface area contributed by atoms with Gasteiger partial charge in [-0.05, 0) is 42.8 Å². The Hall–Kier alpha value is -3.31. The molecule has 0 fully saturated rings. The summed E-state index contributed by atoms with van der Waals surface area (Å²) in [6.45, 7) is 2.00. The van der Waals surface area contributed by atoms with Crippen molar-refractivity contribution in [3.63, 3.8) is 0 Å². The quantitative estimate of drug-likeness (QED) is 0.502. The van der Waals surface area contributed by atoms with Crippen molar-refractivity contribution in [2.45, 2.75) is 6.92 Å². The van der Waals surface area contributed by atoms with Crippen LogP contribution in [0.25, 0.3) is 22.3 Å². The highest BCUT2D eigenvalue weighted by atomic mass is 35.5. The van der Waals surface area contributed by atoms with Crippen LogP contribution in [0.5, 0.6) is 0 Å². The number of rotatable bonds is 3. The molecule has 0 aliphatic rings. The number of fused-ring (bicyclic) bond motifs is 1. The molecular weight excluding hydrogens is 360 g/mol. The van der Waals surface area contributed by atoms with Gasteiger partial charge in [0.15, 0.2) is 5.82 Å². The number of hydrogen-bond donors (Lipinski definition) is 0. The third kappa shape index (κ3) is 3.50. The minimum absolute atomic E-state index is 0.287. The van der Waals surface area contributed by atoms with E-state index in [4.69, 9.17) is 11.6 Å². The summed E-state index contributed by atoms with van der Waals surface area (Å²) < 4.78 is 1.29. The molecule has 0 bridgehead atoms. The molecule has 5 nitrogen and oxygen atoms in total. The van der Waals surface area contributed by atoms with Crippen molar-refractivity contribution in [2.24, 2.45) is 5.10 Å². The van der Waals surface area contributed by atoms with Crippen LogP contribution in [-0.4, -0.2) is 20.9 Å². The summed E-state index contributed by atoms with van der Waals surface area (Å²) in [5.41, 5.74) is 2.98. The molecule has 4 aromatic rings. The summed E-state index contributed by atoms with van der Waals surface area (Å²) in [6.07, 6.45) is 4.97. The molecule has 27 heavy (non-hydrogen) atoms. The van der Waals surface area contributed by atoms with Crippen LogP contribution in [0.3, 0.4) is 0 Å². The largest absolute Gasteiger partial charge is 0.282 e. The summed E-state index contributed by atoms with van der Waals surface area (Å²) in [6, 6.07) is 16.6. The zero-order valence-electron chi connectivity index (χ0n) is 14.5.